The van der Waals surface area contributed by atoms with Gasteiger partial charge in [0.2, 0.25) is 0 Å². The summed E-state index contributed by atoms with van der Waals surface area (Å²) in [6, 6.07) is 10.5. The maximum absolute atomic E-state index is 12.9. The number of hydrogen-bond acceptors (Lipinski definition) is 4. The van der Waals surface area contributed by atoms with Crippen LogP contribution in [0.3, 0.4) is 0 Å². The highest BCUT2D eigenvalue weighted by Gasteiger charge is 2.28. The van der Waals surface area contributed by atoms with Gasteiger partial charge in [-0.3, -0.25) is 4.68 Å². The molecule has 164 valence electrons. The van der Waals surface area contributed by atoms with Crippen LogP contribution in [-0.4, -0.2) is 38.2 Å². The fourth-order valence-corrected chi connectivity index (χ4v) is 4.09. The lowest BCUT2D eigenvalue weighted by Crippen LogP contribution is -2.31. The molecule has 8 heteroatoms. The van der Waals surface area contributed by atoms with Gasteiger partial charge in [0.05, 0.1) is 18.2 Å². The maximum Gasteiger partial charge on any atom is 0.337 e. The summed E-state index contributed by atoms with van der Waals surface area (Å²) in [5.74, 6) is -1.06. The van der Waals surface area contributed by atoms with Crippen molar-refractivity contribution in [2.75, 3.05) is 0 Å². The molecule has 0 saturated heterocycles. The van der Waals surface area contributed by atoms with E-state index in [-0.39, 0.29) is 23.8 Å². The minimum atomic E-state index is -2.57. The number of halogens is 2. The van der Waals surface area contributed by atoms with Gasteiger partial charge in [-0.1, -0.05) is 49.2 Å². The van der Waals surface area contributed by atoms with Crippen LogP contribution in [0, 0.1) is 0 Å². The number of alkyl halides is 2. The van der Waals surface area contributed by atoms with Gasteiger partial charge >= 0.3 is 5.97 Å². The molecule has 1 aromatic heterocycles. The van der Waals surface area contributed by atoms with E-state index in [2.05, 4.69) is 5.10 Å². The summed E-state index contributed by atoms with van der Waals surface area (Å²) < 4.78 is 33.5. The van der Waals surface area contributed by atoms with Crippen molar-refractivity contribution in [2.45, 2.75) is 57.0 Å². The molecule has 2 N–H and O–H groups in total. The molecule has 3 aromatic rings. The number of aliphatic hydroxyl groups excluding tert-OH is 1. The molecular weight excluding hydrogens is 406 g/mol. The molecule has 4 rings (SSSR count). The standard InChI is InChI=1S/C23H24F2N2O4/c24-22(25)15-10-8-14(9-11-15)21(28)19(31-17-5-1-2-6-17)13-27-12-16-4-3-7-18(23(29)30)20(16)26-27/h3-4,7-12,17,19,21-22,28H,1-2,5-6,13H2,(H,29,30)/t19-,21+/m0/s1. The van der Waals surface area contributed by atoms with Gasteiger partial charge in [-0.15, -0.1) is 0 Å². The molecule has 0 bridgehead atoms. The predicted molar refractivity (Wildman–Crippen MR) is 110 cm³/mol. The molecule has 1 heterocycles. The minimum Gasteiger partial charge on any atom is -0.478 e. The summed E-state index contributed by atoms with van der Waals surface area (Å²) in [6.45, 7) is 0.196. The van der Waals surface area contributed by atoms with Crippen molar-refractivity contribution < 1.29 is 28.5 Å². The molecule has 2 atom stereocenters. The Morgan fingerprint density at radius 2 is 1.81 bits per heavy atom. The van der Waals surface area contributed by atoms with E-state index in [0.717, 1.165) is 25.7 Å². The number of aliphatic hydroxyl groups is 1. The molecule has 1 aliphatic carbocycles. The molecule has 1 aliphatic rings. The van der Waals surface area contributed by atoms with E-state index in [1.807, 2.05) is 0 Å². The van der Waals surface area contributed by atoms with Gasteiger partial charge < -0.3 is 14.9 Å². The highest BCUT2D eigenvalue weighted by atomic mass is 19.3. The second-order valence-corrected chi connectivity index (χ2v) is 7.89. The Labute approximate surface area is 178 Å². The highest BCUT2D eigenvalue weighted by Crippen LogP contribution is 2.29. The third-order valence-electron chi connectivity index (χ3n) is 5.73. The number of benzene rings is 2. The van der Waals surface area contributed by atoms with E-state index in [9.17, 15) is 23.8 Å². The summed E-state index contributed by atoms with van der Waals surface area (Å²) in [5, 5.41) is 25.5. The maximum atomic E-state index is 12.9. The van der Waals surface area contributed by atoms with Crippen LogP contribution in [0.2, 0.25) is 0 Å². The average molecular weight is 430 g/mol. The number of nitrogens with zero attached hydrogens (tertiary/aromatic N) is 2. The fourth-order valence-electron chi connectivity index (χ4n) is 4.09. The molecular formula is C23H24F2N2O4. The zero-order chi connectivity index (χ0) is 22.0. The van der Waals surface area contributed by atoms with Gasteiger partial charge in [0.25, 0.3) is 6.43 Å². The summed E-state index contributed by atoms with van der Waals surface area (Å²) in [6.07, 6.45) is 1.38. The van der Waals surface area contributed by atoms with Gasteiger partial charge in [0.1, 0.15) is 17.7 Å². The lowest BCUT2D eigenvalue weighted by Gasteiger charge is -2.27. The van der Waals surface area contributed by atoms with Crippen LogP contribution in [0.25, 0.3) is 10.9 Å². The van der Waals surface area contributed by atoms with E-state index >= 15 is 0 Å². The van der Waals surface area contributed by atoms with Crippen molar-refractivity contribution in [1.82, 2.24) is 9.78 Å². The van der Waals surface area contributed by atoms with E-state index < -0.39 is 24.6 Å². The van der Waals surface area contributed by atoms with Gasteiger partial charge in [-0.2, -0.15) is 5.10 Å². The van der Waals surface area contributed by atoms with Crippen molar-refractivity contribution in [3.63, 3.8) is 0 Å². The Balaban J connectivity index is 1.61. The number of hydrogen-bond donors (Lipinski definition) is 2. The molecule has 1 saturated carbocycles. The second kappa shape index (κ2) is 9.11. The van der Waals surface area contributed by atoms with Crippen LogP contribution in [-0.2, 0) is 11.3 Å². The number of aromatic nitrogens is 2. The topological polar surface area (TPSA) is 84.6 Å². The molecule has 6 nitrogen and oxygen atoms in total. The predicted octanol–water partition coefficient (Wildman–Crippen LogP) is 4.73. The monoisotopic (exact) mass is 430 g/mol. The highest BCUT2D eigenvalue weighted by molar-refractivity contribution is 6.01. The van der Waals surface area contributed by atoms with Gasteiger partial charge in [-0.05, 0) is 24.5 Å². The Bertz CT molecular complexity index is 1050. The van der Waals surface area contributed by atoms with E-state index in [0.29, 0.717) is 16.5 Å². The van der Waals surface area contributed by atoms with Crippen LogP contribution in [0.4, 0.5) is 8.78 Å². The number of ether oxygens (including phenoxy) is 1. The number of carbonyl (C=O) groups is 1. The first kappa shape index (κ1) is 21.4. The third-order valence-corrected chi connectivity index (χ3v) is 5.73. The summed E-state index contributed by atoms with van der Waals surface area (Å²) in [7, 11) is 0. The van der Waals surface area contributed by atoms with Crippen LogP contribution in [0.15, 0.2) is 48.7 Å². The normalized spacial score (nSPS) is 16.8. The van der Waals surface area contributed by atoms with Crippen molar-refractivity contribution in [2.24, 2.45) is 0 Å². The quantitative estimate of drug-likeness (QED) is 0.540. The van der Waals surface area contributed by atoms with Gasteiger partial charge in [-0.25, -0.2) is 13.6 Å². The minimum absolute atomic E-state index is 0.0135. The second-order valence-electron chi connectivity index (χ2n) is 7.89. The molecule has 0 amide bonds. The number of rotatable bonds is 8. The Morgan fingerprint density at radius 3 is 2.45 bits per heavy atom. The molecule has 0 unspecified atom stereocenters. The molecule has 1 fully saturated rings. The molecule has 0 aliphatic heterocycles. The zero-order valence-electron chi connectivity index (χ0n) is 16.8. The van der Waals surface area contributed by atoms with E-state index in [4.69, 9.17) is 4.74 Å². The first-order valence-electron chi connectivity index (χ1n) is 10.3. The van der Waals surface area contributed by atoms with Gasteiger partial charge in [0.15, 0.2) is 0 Å². The Morgan fingerprint density at radius 1 is 1.13 bits per heavy atom. The third kappa shape index (κ3) is 4.75. The lowest BCUT2D eigenvalue weighted by molar-refractivity contribution is -0.0844. The first-order chi connectivity index (χ1) is 14.9. The number of carboxylic acid groups (broad SMARTS) is 1. The largest absolute Gasteiger partial charge is 0.478 e. The number of fused-ring (bicyclic) bond motifs is 1. The lowest BCUT2D eigenvalue weighted by atomic mass is 10.0. The van der Waals surface area contributed by atoms with E-state index in [1.54, 1.807) is 23.0 Å². The Hall–Kier alpha value is -2.84. The number of carboxylic acids is 1. The number of aromatic carboxylic acids is 1. The van der Waals surface area contributed by atoms with Crippen LogP contribution >= 0.6 is 0 Å². The van der Waals surface area contributed by atoms with Gasteiger partial charge in [0, 0.05) is 17.1 Å². The summed E-state index contributed by atoms with van der Waals surface area (Å²) >= 11 is 0. The average Bonchev–Trinajstić information content (AvgIpc) is 3.41. The van der Waals surface area contributed by atoms with E-state index in [1.165, 1.54) is 30.3 Å². The summed E-state index contributed by atoms with van der Waals surface area (Å²) in [5.41, 5.74) is 0.845. The molecule has 31 heavy (non-hydrogen) atoms. The first-order valence-corrected chi connectivity index (χ1v) is 10.3. The fraction of sp³-hybridized carbons (Fsp3) is 0.391. The smallest absolute Gasteiger partial charge is 0.337 e. The van der Waals surface area contributed by atoms with Crippen molar-refractivity contribution >= 4 is 16.9 Å². The van der Waals surface area contributed by atoms with Crippen LogP contribution in [0.1, 0.15) is 59.7 Å². The van der Waals surface area contributed by atoms with Crippen LogP contribution < -0.4 is 0 Å². The molecule has 0 radical (unpaired) electrons. The summed E-state index contributed by atoms with van der Waals surface area (Å²) in [4.78, 5) is 11.5. The molecule has 0 spiro atoms. The molecule has 2 aromatic carbocycles. The van der Waals surface area contributed by atoms with Crippen molar-refractivity contribution in [1.29, 1.82) is 0 Å². The SMILES string of the molecule is O=C(O)c1cccc2cn(C[C@H](OC3CCCC3)[C@H](O)c3ccc(C(F)F)cc3)nc12. The Kier molecular flexibility index (Phi) is 6.29. The van der Waals surface area contributed by atoms with Crippen LogP contribution in [0.5, 0.6) is 0 Å². The van der Waals surface area contributed by atoms with Crippen molar-refractivity contribution in [3.8, 4) is 0 Å². The van der Waals surface area contributed by atoms with Crippen molar-refractivity contribution in [3.05, 3.63) is 65.4 Å². The zero-order valence-corrected chi connectivity index (χ0v) is 16.8.